The number of anilines is 1. The van der Waals surface area contributed by atoms with E-state index >= 15 is 0 Å². The topological polar surface area (TPSA) is 92.1 Å². The van der Waals surface area contributed by atoms with E-state index in [9.17, 15) is 12.8 Å². The Labute approximate surface area is 156 Å². The second-order valence-corrected chi connectivity index (χ2v) is 8.62. The summed E-state index contributed by atoms with van der Waals surface area (Å²) in [6.45, 7) is 0.790. The van der Waals surface area contributed by atoms with Crippen LogP contribution in [0.15, 0.2) is 42.6 Å². The molecule has 27 heavy (non-hydrogen) atoms. The van der Waals surface area contributed by atoms with E-state index in [2.05, 4.69) is 9.97 Å². The fourth-order valence-electron chi connectivity index (χ4n) is 3.39. The van der Waals surface area contributed by atoms with Gasteiger partial charge in [-0.05, 0) is 47.9 Å². The van der Waals surface area contributed by atoms with E-state index in [0.29, 0.717) is 36.4 Å². The van der Waals surface area contributed by atoms with Gasteiger partial charge < -0.3 is 10.7 Å². The van der Waals surface area contributed by atoms with Crippen molar-refractivity contribution in [2.45, 2.75) is 6.42 Å². The third-order valence-electron chi connectivity index (χ3n) is 4.82. The predicted molar refractivity (Wildman–Crippen MR) is 105 cm³/mol. The molecular formula is C19H19FN4O2S. The van der Waals surface area contributed by atoms with Gasteiger partial charge in [0, 0.05) is 41.6 Å². The highest BCUT2D eigenvalue weighted by molar-refractivity contribution is 7.88. The Bertz CT molecular complexity index is 1170. The maximum absolute atomic E-state index is 13.7. The average molecular weight is 386 g/mol. The van der Waals surface area contributed by atoms with Crippen molar-refractivity contribution in [2.75, 3.05) is 25.1 Å². The van der Waals surface area contributed by atoms with E-state index in [1.54, 1.807) is 12.3 Å². The monoisotopic (exact) mass is 386 g/mol. The first-order valence-corrected chi connectivity index (χ1v) is 10.4. The summed E-state index contributed by atoms with van der Waals surface area (Å²) in [5.74, 6) is -0.351. The van der Waals surface area contributed by atoms with Crippen LogP contribution in [-0.2, 0) is 10.0 Å². The molecule has 0 atom stereocenters. The molecule has 0 spiro atoms. The largest absolute Gasteiger partial charge is 0.398 e. The molecule has 4 rings (SSSR count). The molecule has 6 nitrogen and oxygen atoms in total. The molecular weight excluding hydrogens is 367 g/mol. The second kappa shape index (κ2) is 6.47. The summed E-state index contributed by atoms with van der Waals surface area (Å²) in [7, 11) is -3.19. The number of aromatic amines is 1. The highest BCUT2D eigenvalue weighted by Crippen LogP contribution is 2.34. The maximum atomic E-state index is 13.7. The first-order valence-electron chi connectivity index (χ1n) is 8.50. The quantitative estimate of drug-likeness (QED) is 0.677. The minimum absolute atomic E-state index is 0.348. The number of rotatable bonds is 3. The third-order valence-corrected chi connectivity index (χ3v) is 6.09. The standard InChI is InChI=1S/C19H19FN4O2S/c1-27(25,26)24-8-5-12(6-9-24)18-11-16-14(4-7-22-19(16)23-18)15-10-13(20)2-3-17(15)21/h2-5,7,10-11H,6,8-9,21H2,1H3,(H,22,23). The Hall–Kier alpha value is -2.71. The van der Waals surface area contributed by atoms with Crippen LogP contribution in [0.5, 0.6) is 0 Å². The zero-order valence-corrected chi connectivity index (χ0v) is 15.6. The molecule has 0 bridgehead atoms. The van der Waals surface area contributed by atoms with Gasteiger partial charge in [0.25, 0.3) is 0 Å². The minimum Gasteiger partial charge on any atom is -0.398 e. The van der Waals surface area contributed by atoms with Gasteiger partial charge in [-0.2, -0.15) is 4.31 Å². The maximum Gasteiger partial charge on any atom is 0.211 e. The van der Waals surface area contributed by atoms with E-state index in [1.807, 2.05) is 18.2 Å². The van der Waals surface area contributed by atoms with Crippen LogP contribution < -0.4 is 5.73 Å². The van der Waals surface area contributed by atoms with Crippen LogP contribution in [-0.4, -0.2) is 42.0 Å². The van der Waals surface area contributed by atoms with Crippen molar-refractivity contribution in [3.8, 4) is 11.1 Å². The molecule has 3 heterocycles. The highest BCUT2D eigenvalue weighted by Gasteiger charge is 2.21. The Morgan fingerprint density at radius 2 is 2.04 bits per heavy atom. The van der Waals surface area contributed by atoms with Crippen LogP contribution >= 0.6 is 0 Å². The van der Waals surface area contributed by atoms with Crippen molar-refractivity contribution in [1.82, 2.24) is 14.3 Å². The molecule has 3 N–H and O–H groups in total. The molecule has 1 aromatic carbocycles. The summed E-state index contributed by atoms with van der Waals surface area (Å²) < 4.78 is 38.5. The number of sulfonamides is 1. The lowest BCUT2D eigenvalue weighted by atomic mass is 10.0. The number of nitrogens with one attached hydrogen (secondary N) is 1. The molecule has 0 radical (unpaired) electrons. The van der Waals surface area contributed by atoms with E-state index in [4.69, 9.17) is 5.73 Å². The molecule has 2 aromatic heterocycles. The lowest BCUT2D eigenvalue weighted by molar-refractivity contribution is 0.445. The Balaban J connectivity index is 1.76. The highest BCUT2D eigenvalue weighted by atomic mass is 32.2. The Morgan fingerprint density at radius 3 is 2.74 bits per heavy atom. The smallest absolute Gasteiger partial charge is 0.211 e. The lowest BCUT2D eigenvalue weighted by Crippen LogP contribution is -2.33. The van der Waals surface area contributed by atoms with Gasteiger partial charge in [-0.25, -0.2) is 17.8 Å². The van der Waals surface area contributed by atoms with Crippen LogP contribution in [0.4, 0.5) is 10.1 Å². The van der Waals surface area contributed by atoms with Gasteiger partial charge in [-0.3, -0.25) is 0 Å². The van der Waals surface area contributed by atoms with Crippen molar-refractivity contribution in [3.63, 3.8) is 0 Å². The SMILES string of the molecule is CS(=O)(=O)N1CC=C(c2cc3c(-c4cc(F)ccc4N)ccnc3[nH]2)CC1. The van der Waals surface area contributed by atoms with Crippen molar-refractivity contribution >= 4 is 32.3 Å². The fourth-order valence-corrected chi connectivity index (χ4v) is 4.16. The summed E-state index contributed by atoms with van der Waals surface area (Å²) >= 11 is 0. The summed E-state index contributed by atoms with van der Waals surface area (Å²) in [6.07, 6.45) is 5.39. The molecule has 140 valence electrons. The number of halogens is 1. The number of nitrogens with zero attached hydrogens (tertiary/aromatic N) is 2. The number of hydrogen-bond acceptors (Lipinski definition) is 4. The Morgan fingerprint density at radius 1 is 1.22 bits per heavy atom. The van der Waals surface area contributed by atoms with Gasteiger partial charge in [-0.15, -0.1) is 0 Å². The molecule has 3 aromatic rings. The second-order valence-electron chi connectivity index (χ2n) is 6.64. The summed E-state index contributed by atoms with van der Waals surface area (Å²) in [6, 6.07) is 8.07. The molecule has 0 saturated carbocycles. The molecule has 1 aliphatic rings. The van der Waals surface area contributed by atoms with Gasteiger partial charge >= 0.3 is 0 Å². The predicted octanol–water partition coefficient (Wildman–Crippen LogP) is 3.00. The number of nitrogen functional groups attached to an aromatic ring is 1. The number of benzene rings is 1. The minimum atomic E-state index is -3.19. The zero-order chi connectivity index (χ0) is 19.2. The Kier molecular flexibility index (Phi) is 4.24. The number of nitrogens with two attached hydrogens (primary N) is 1. The van der Waals surface area contributed by atoms with Gasteiger partial charge in [-0.1, -0.05) is 6.08 Å². The lowest BCUT2D eigenvalue weighted by Gasteiger charge is -2.23. The zero-order valence-electron chi connectivity index (χ0n) is 14.7. The van der Waals surface area contributed by atoms with Gasteiger partial charge in [0.1, 0.15) is 11.5 Å². The van der Waals surface area contributed by atoms with Crippen LogP contribution in [0.3, 0.4) is 0 Å². The molecule has 0 amide bonds. The van der Waals surface area contributed by atoms with Crippen molar-refractivity contribution in [1.29, 1.82) is 0 Å². The number of aromatic nitrogens is 2. The van der Waals surface area contributed by atoms with Gasteiger partial charge in [0.15, 0.2) is 0 Å². The van der Waals surface area contributed by atoms with Gasteiger partial charge in [0.05, 0.1) is 6.26 Å². The molecule has 0 aliphatic carbocycles. The molecule has 8 heteroatoms. The molecule has 0 saturated heterocycles. The summed E-state index contributed by atoms with van der Waals surface area (Å²) in [5.41, 5.74) is 10.6. The number of H-pyrrole nitrogens is 1. The van der Waals surface area contributed by atoms with Crippen molar-refractivity contribution in [3.05, 3.63) is 54.1 Å². The normalized spacial score (nSPS) is 15.9. The van der Waals surface area contributed by atoms with Gasteiger partial charge in [0.2, 0.25) is 10.0 Å². The number of hydrogen-bond donors (Lipinski definition) is 2. The van der Waals surface area contributed by atoms with Crippen LogP contribution in [0.2, 0.25) is 0 Å². The first kappa shape index (κ1) is 17.7. The van der Waals surface area contributed by atoms with Crippen LogP contribution in [0.25, 0.3) is 27.7 Å². The summed E-state index contributed by atoms with van der Waals surface area (Å²) in [4.78, 5) is 7.65. The fraction of sp³-hybridized carbons (Fsp3) is 0.211. The molecule has 1 aliphatic heterocycles. The van der Waals surface area contributed by atoms with Crippen LogP contribution in [0.1, 0.15) is 12.1 Å². The number of pyridine rings is 1. The van der Waals surface area contributed by atoms with Crippen molar-refractivity contribution in [2.24, 2.45) is 0 Å². The van der Waals surface area contributed by atoms with Crippen LogP contribution in [0, 0.1) is 5.82 Å². The van der Waals surface area contributed by atoms with E-state index in [0.717, 1.165) is 22.2 Å². The van der Waals surface area contributed by atoms with E-state index in [-0.39, 0.29) is 5.82 Å². The van der Waals surface area contributed by atoms with E-state index < -0.39 is 10.0 Å². The first-order chi connectivity index (χ1) is 12.8. The molecule has 0 fully saturated rings. The average Bonchev–Trinajstić information content (AvgIpc) is 3.07. The molecule has 0 unspecified atom stereocenters. The number of fused-ring (bicyclic) bond motifs is 1. The van der Waals surface area contributed by atoms with Crippen molar-refractivity contribution < 1.29 is 12.8 Å². The third kappa shape index (κ3) is 3.33. The van der Waals surface area contributed by atoms with E-state index in [1.165, 1.54) is 22.7 Å². The summed E-state index contributed by atoms with van der Waals surface area (Å²) in [5, 5.41) is 0.844.